The first-order chi connectivity index (χ1) is 13.4. The van der Waals surface area contributed by atoms with Crippen molar-refractivity contribution >= 4 is 50.9 Å². The first-order valence-electron chi connectivity index (χ1n) is 8.31. The van der Waals surface area contributed by atoms with Crippen molar-refractivity contribution in [3.63, 3.8) is 0 Å². The summed E-state index contributed by atoms with van der Waals surface area (Å²) in [4.78, 5) is 12.1. The van der Waals surface area contributed by atoms with Crippen molar-refractivity contribution < 1.29 is 4.79 Å². The Hall–Kier alpha value is -2.16. The third-order valence-corrected chi connectivity index (χ3v) is 5.64. The fourth-order valence-electron chi connectivity index (χ4n) is 2.38. The van der Waals surface area contributed by atoms with Gasteiger partial charge >= 0.3 is 0 Å². The molecule has 3 rings (SSSR count). The summed E-state index contributed by atoms with van der Waals surface area (Å²) in [6, 6.07) is 15.1. The van der Waals surface area contributed by atoms with Gasteiger partial charge in [-0.05, 0) is 36.8 Å². The average molecular weight is 479 g/mol. The van der Waals surface area contributed by atoms with E-state index >= 15 is 0 Å². The topological polar surface area (TPSA) is 72.2 Å². The van der Waals surface area contributed by atoms with Crippen LogP contribution in [0.4, 0.5) is 0 Å². The Balaban J connectivity index is 1.59. The van der Waals surface area contributed by atoms with Gasteiger partial charge in [-0.2, -0.15) is 5.10 Å². The summed E-state index contributed by atoms with van der Waals surface area (Å²) in [6.45, 7) is 1.84. The summed E-state index contributed by atoms with van der Waals surface area (Å²) < 4.78 is 2.82. The molecule has 0 aliphatic carbocycles. The molecule has 144 valence electrons. The Morgan fingerprint density at radius 2 is 2.00 bits per heavy atom. The van der Waals surface area contributed by atoms with Crippen LogP contribution < -0.4 is 5.43 Å². The molecule has 9 heteroatoms. The molecule has 1 N–H and O–H groups in total. The number of hydrogen-bond acceptors (Lipinski definition) is 5. The van der Waals surface area contributed by atoms with Gasteiger partial charge in [0.15, 0.2) is 11.0 Å². The molecule has 0 atom stereocenters. The number of nitrogens with zero attached hydrogens (tertiary/aromatic N) is 4. The van der Waals surface area contributed by atoms with Crippen molar-refractivity contribution in [2.45, 2.75) is 12.1 Å². The highest BCUT2D eigenvalue weighted by Gasteiger charge is 2.13. The fraction of sp³-hybridized carbons (Fsp3) is 0.158. The van der Waals surface area contributed by atoms with E-state index in [2.05, 4.69) is 36.7 Å². The van der Waals surface area contributed by atoms with Crippen LogP contribution in [-0.4, -0.2) is 32.1 Å². The molecule has 2 aromatic carbocycles. The van der Waals surface area contributed by atoms with Gasteiger partial charge in [-0.25, -0.2) is 5.43 Å². The van der Waals surface area contributed by atoms with Crippen molar-refractivity contribution in [1.29, 1.82) is 0 Å². The van der Waals surface area contributed by atoms with Crippen molar-refractivity contribution in [1.82, 2.24) is 20.2 Å². The van der Waals surface area contributed by atoms with Gasteiger partial charge in [0, 0.05) is 22.1 Å². The number of halogens is 2. The number of aromatic nitrogens is 3. The van der Waals surface area contributed by atoms with Gasteiger partial charge in [0.25, 0.3) is 5.91 Å². The van der Waals surface area contributed by atoms with Crippen molar-refractivity contribution in [3.05, 3.63) is 63.6 Å². The molecule has 0 saturated heterocycles. The molecule has 0 aliphatic heterocycles. The molecular formula is C19H17BrClN5OS. The molecule has 1 amide bonds. The highest BCUT2D eigenvalue weighted by molar-refractivity contribution is 9.10. The minimum atomic E-state index is -0.214. The molecule has 0 saturated carbocycles. The molecule has 28 heavy (non-hydrogen) atoms. The number of carbonyl (C=O) groups is 1. The lowest BCUT2D eigenvalue weighted by atomic mass is 10.1. The molecule has 1 aromatic heterocycles. The highest BCUT2D eigenvalue weighted by atomic mass is 79.9. The van der Waals surface area contributed by atoms with Gasteiger partial charge in [-0.1, -0.05) is 63.6 Å². The Kier molecular flexibility index (Phi) is 6.88. The number of hydrazone groups is 1. The quantitative estimate of drug-likeness (QED) is 0.321. The molecule has 0 spiro atoms. The van der Waals surface area contributed by atoms with Crippen LogP contribution >= 0.6 is 39.3 Å². The van der Waals surface area contributed by atoms with E-state index in [1.165, 1.54) is 11.8 Å². The third kappa shape index (κ3) is 5.21. The molecule has 0 radical (unpaired) electrons. The zero-order chi connectivity index (χ0) is 20.1. The Morgan fingerprint density at radius 3 is 2.71 bits per heavy atom. The van der Waals surface area contributed by atoms with Crippen molar-refractivity contribution in [2.75, 3.05) is 5.75 Å². The number of amides is 1. The van der Waals surface area contributed by atoms with E-state index in [0.29, 0.717) is 16.0 Å². The monoisotopic (exact) mass is 477 g/mol. The molecule has 0 aliphatic rings. The second-order valence-corrected chi connectivity index (χ2v) is 8.20. The zero-order valence-corrected chi connectivity index (χ0v) is 18.3. The maximum Gasteiger partial charge on any atom is 0.250 e. The summed E-state index contributed by atoms with van der Waals surface area (Å²) in [6.07, 6.45) is 0. The first-order valence-corrected chi connectivity index (χ1v) is 10.5. The van der Waals surface area contributed by atoms with E-state index < -0.39 is 0 Å². The van der Waals surface area contributed by atoms with Crippen LogP contribution in [0.25, 0.3) is 11.4 Å². The number of rotatable bonds is 6. The second-order valence-electron chi connectivity index (χ2n) is 5.90. The molecule has 0 unspecified atom stereocenters. The van der Waals surface area contributed by atoms with E-state index in [4.69, 9.17) is 11.6 Å². The molecule has 0 fully saturated rings. The predicted molar refractivity (Wildman–Crippen MR) is 117 cm³/mol. The summed E-state index contributed by atoms with van der Waals surface area (Å²) in [5, 5.41) is 13.8. The normalized spacial score (nSPS) is 11.5. The van der Waals surface area contributed by atoms with Gasteiger partial charge in [0.2, 0.25) is 0 Å². The van der Waals surface area contributed by atoms with Gasteiger partial charge < -0.3 is 4.57 Å². The molecule has 1 heterocycles. The van der Waals surface area contributed by atoms with Crippen LogP contribution in [0.15, 0.2) is 63.3 Å². The van der Waals surface area contributed by atoms with Crippen LogP contribution in [0.1, 0.15) is 12.5 Å². The number of nitrogens with one attached hydrogen (secondary N) is 1. The first kappa shape index (κ1) is 20.6. The SMILES string of the molecule is CC(=NNC(=O)CSc1nnc(-c2cccc(Cl)c2)n1C)c1ccc(Br)cc1. The summed E-state index contributed by atoms with van der Waals surface area (Å²) in [7, 11) is 1.85. The number of thioether (sulfide) groups is 1. The van der Waals surface area contributed by atoms with Gasteiger partial charge in [-0.15, -0.1) is 10.2 Å². The lowest BCUT2D eigenvalue weighted by molar-refractivity contribution is -0.118. The van der Waals surface area contributed by atoms with Crippen molar-refractivity contribution in [2.24, 2.45) is 12.1 Å². The second kappa shape index (κ2) is 9.36. The van der Waals surface area contributed by atoms with E-state index in [9.17, 15) is 4.79 Å². The molecule has 3 aromatic rings. The molecule has 0 bridgehead atoms. The average Bonchev–Trinajstić information content (AvgIpc) is 3.05. The maximum absolute atomic E-state index is 12.1. The van der Waals surface area contributed by atoms with Crippen LogP contribution in [-0.2, 0) is 11.8 Å². The number of carbonyl (C=O) groups excluding carboxylic acids is 1. The summed E-state index contributed by atoms with van der Waals surface area (Å²) in [5.74, 6) is 0.654. The Morgan fingerprint density at radius 1 is 1.25 bits per heavy atom. The Labute approximate surface area is 180 Å². The number of hydrogen-bond donors (Lipinski definition) is 1. The number of benzene rings is 2. The standard InChI is InChI=1S/C19H17BrClN5OS/c1-12(13-6-8-15(20)9-7-13)22-23-17(27)11-28-19-25-24-18(26(19)2)14-4-3-5-16(21)10-14/h3-10H,11H2,1-2H3,(H,23,27). The van der Waals surface area contributed by atoms with Gasteiger partial charge in [0.05, 0.1) is 11.5 Å². The molecule has 6 nitrogen and oxygen atoms in total. The third-order valence-electron chi connectivity index (χ3n) is 3.86. The van der Waals surface area contributed by atoms with Crippen molar-refractivity contribution in [3.8, 4) is 11.4 Å². The summed E-state index contributed by atoms with van der Waals surface area (Å²) in [5.41, 5.74) is 5.11. The summed E-state index contributed by atoms with van der Waals surface area (Å²) >= 11 is 10.7. The van der Waals surface area contributed by atoms with Gasteiger partial charge in [-0.3, -0.25) is 4.79 Å². The lowest BCUT2D eigenvalue weighted by Crippen LogP contribution is -2.21. The predicted octanol–water partition coefficient (Wildman–Crippen LogP) is 4.53. The van der Waals surface area contributed by atoms with Crippen LogP contribution in [0.5, 0.6) is 0 Å². The van der Waals surface area contributed by atoms with Crippen LogP contribution in [0.2, 0.25) is 5.02 Å². The minimum absolute atomic E-state index is 0.179. The maximum atomic E-state index is 12.1. The largest absolute Gasteiger partial charge is 0.305 e. The fourth-order valence-corrected chi connectivity index (χ4v) is 3.54. The van der Waals surface area contributed by atoms with E-state index in [1.54, 1.807) is 6.07 Å². The lowest BCUT2D eigenvalue weighted by Gasteiger charge is -2.05. The van der Waals surface area contributed by atoms with Gasteiger partial charge in [0.1, 0.15) is 0 Å². The Bertz CT molecular complexity index is 1020. The molecular weight excluding hydrogens is 462 g/mol. The van der Waals surface area contributed by atoms with E-state index in [1.807, 2.05) is 61.0 Å². The zero-order valence-electron chi connectivity index (χ0n) is 15.2. The highest BCUT2D eigenvalue weighted by Crippen LogP contribution is 2.24. The van der Waals surface area contributed by atoms with Crippen LogP contribution in [0.3, 0.4) is 0 Å². The minimum Gasteiger partial charge on any atom is -0.305 e. The van der Waals surface area contributed by atoms with Crippen LogP contribution in [0, 0.1) is 0 Å². The van der Waals surface area contributed by atoms with E-state index in [-0.39, 0.29) is 11.7 Å². The van der Waals surface area contributed by atoms with E-state index in [0.717, 1.165) is 21.3 Å². The smallest absolute Gasteiger partial charge is 0.250 e.